The van der Waals surface area contributed by atoms with Gasteiger partial charge in [0.05, 0.1) is 0 Å². The van der Waals surface area contributed by atoms with E-state index >= 15 is 0 Å². The van der Waals surface area contributed by atoms with Crippen molar-refractivity contribution in [2.24, 2.45) is 0 Å². The Morgan fingerprint density at radius 3 is 2.80 bits per heavy atom. The van der Waals surface area contributed by atoms with E-state index in [9.17, 15) is 4.39 Å². The Kier molecular flexibility index (Phi) is 5.43. The second kappa shape index (κ2) is 6.36. The molecule has 1 rings (SSSR count). The third-order valence-corrected chi connectivity index (χ3v) is 3.38. The van der Waals surface area contributed by atoms with E-state index in [-0.39, 0.29) is 11.9 Å². The van der Waals surface area contributed by atoms with Crippen molar-refractivity contribution in [1.82, 2.24) is 5.32 Å². The highest BCUT2D eigenvalue weighted by molar-refractivity contribution is 7.98. The Bertz CT molecular complexity index is 299. The lowest BCUT2D eigenvalue weighted by atomic mass is 10.1. The molecule has 1 atom stereocenters. The number of thioether (sulfide) groups is 1. The van der Waals surface area contributed by atoms with Crippen molar-refractivity contribution in [3.63, 3.8) is 0 Å². The van der Waals surface area contributed by atoms with Gasteiger partial charge >= 0.3 is 0 Å². The lowest BCUT2D eigenvalue weighted by Gasteiger charge is -2.16. The number of rotatable bonds is 5. The molecule has 1 aromatic carbocycles. The first-order valence-corrected chi connectivity index (χ1v) is 6.55. The molecule has 1 aromatic rings. The summed E-state index contributed by atoms with van der Waals surface area (Å²) in [6.07, 6.45) is 2.66. The summed E-state index contributed by atoms with van der Waals surface area (Å²) < 4.78 is 13.5. The van der Waals surface area contributed by atoms with Gasteiger partial charge in [-0.1, -0.05) is 17.7 Å². The molecule has 0 aliphatic rings. The van der Waals surface area contributed by atoms with Gasteiger partial charge in [0.25, 0.3) is 0 Å². The molecule has 84 valence electrons. The van der Waals surface area contributed by atoms with Crippen LogP contribution in [0.4, 0.5) is 4.39 Å². The average molecular weight is 248 g/mol. The van der Waals surface area contributed by atoms with Crippen molar-refractivity contribution in [1.29, 1.82) is 0 Å². The van der Waals surface area contributed by atoms with Crippen LogP contribution in [-0.2, 0) is 6.42 Å². The Labute approximate surface area is 99.4 Å². The summed E-state index contributed by atoms with van der Waals surface area (Å²) in [5.41, 5.74) is 0.604. The molecule has 0 heterocycles. The van der Waals surface area contributed by atoms with Gasteiger partial charge in [0, 0.05) is 22.4 Å². The number of benzene rings is 1. The van der Waals surface area contributed by atoms with Crippen molar-refractivity contribution in [3.8, 4) is 0 Å². The largest absolute Gasteiger partial charge is 0.316 e. The fourth-order valence-corrected chi connectivity index (χ4v) is 2.35. The van der Waals surface area contributed by atoms with Gasteiger partial charge in [-0.05, 0) is 31.9 Å². The number of hydrogen-bond acceptors (Lipinski definition) is 2. The number of nitrogens with one attached hydrogen (secondary N) is 1. The lowest BCUT2D eigenvalue weighted by molar-refractivity contribution is 0.569. The van der Waals surface area contributed by atoms with E-state index in [1.807, 2.05) is 13.3 Å². The summed E-state index contributed by atoms with van der Waals surface area (Å²) in [5, 5.41) is 3.67. The van der Waals surface area contributed by atoms with E-state index in [1.54, 1.807) is 23.9 Å². The second-order valence-corrected chi connectivity index (χ2v) is 4.66. The summed E-state index contributed by atoms with van der Waals surface area (Å²) in [6.45, 7) is 0. The van der Waals surface area contributed by atoms with Crippen LogP contribution in [0.25, 0.3) is 0 Å². The van der Waals surface area contributed by atoms with E-state index < -0.39 is 0 Å². The van der Waals surface area contributed by atoms with Gasteiger partial charge in [0.2, 0.25) is 0 Å². The molecule has 0 aliphatic carbocycles. The first-order chi connectivity index (χ1) is 7.19. The summed E-state index contributed by atoms with van der Waals surface area (Å²) >= 11 is 7.69. The van der Waals surface area contributed by atoms with Crippen LogP contribution >= 0.6 is 23.4 Å². The zero-order valence-corrected chi connectivity index (χ0v) is 10.5. The highest BCUT2D eigenvalue weighted by Gasteiger charge is 2.12. The van der Waals surface area contributed by atoms with Crippen molar-refractivity contribution >= 4 is 23.4 Å². The van der Waals surface area contributed by atoms with E-state index in [0.29, 0.717) is 17.0 Å². The second-order valence-electron chi connectivity index (χ2n) is 3.35. The molecule has 0 amide bonds. The maximum absolute atomic E-state index is 13.5. The average Bonchev–Trinajstić information content (AvgIpc) is 2.22. The molecule has 1 unspecified atom stereocenters. The third kappa shape index (κ3) is 3.67. The Hall–Kier alpha value is -0.250. The monoisotopic (exact) mass is 247 g/mol. The smallest absolute Gasteiger partial charge is 0.127 e. The van der Waals surface area contributed by atoms with Crippen molar-refractivity contribution in [3.05, 3.63) is 34.6 Å². The number of halogens is 2. The van der Waals surface area contributed by atoms with Crippen LogP contribution in [0.3, 0.4) is 0 Å². The zero-order chi connectivity index (χ0) is 11.3. The molecule has 0 bridgehead atoms. The van der Waals surface area contributed by atoms with Gasteiger partial charge in [-0.3, -0.25) is 0 Å². The van der Waals surface area contributed by atoms with Gasteiger partial charge < -0.3 is 5.32 Å². The molecule has 0 saturated carbocycles. The molecule has 0 spiro atoms. The summed E-state index contributed by atoms with van der Waals surface area (Å²) in [5.74, 6) is 0.727. The normalized spacial score (nSPS) is 12.8. The van der Waals surface area contributed by atoms with Crippen molar-refractivity contribution in [2.45, 2.75) is 12.5 Å². The van der Waals surface area contributed by atoms with Crippen LogP contribution in [0.15, 0.2) is 18.2 Å². The maximum Gasteiger partial charge on any atom is 0.127 e. The quantitative estimate of drug-likeness (QED) is 0.859. The van der Waals surface area contributed by atoms with Crippen LogP contribution in [-0.4, -0.2) is 25.1 Å². The van der Waals surface area contributed by atoms with Gasteiger partial charge in [-0.25, -0.2) is 4.39 Å². The van der Waals surface area contributed by atoms with E-state index in [0.717, 1.165) is 5.75 Å². The van der Waals surface area contributed by atoms with Gasteiger partial charge in [0.1, 0.15) is 5.82 Å². The SMILES string of the molecule is CNC(CSC)Cc1c(F)cccc1Cl. The summed E-state index contributed by atoms with van der Waals surface area (Å²) in [6, 6.07) is 5.07. The van der Waals surface area contributed by atoms with Crippen LogP contribution in [0.1, 0.15) is 5.56 Å². The first kappa shape index (κ1) is 12.8. The maximum atomic E-state index is 13.5. The Balaban J connectivity index is 2.78. The molecule has 0 fully saturated rings. The minimum atomic E-state index is -0.219. The number of likely N-dealkylation sites (N-methyl/N-ethyl adjacent to an activating group) is 1. The van der Waals surface area contributed by atoms with Gasteiger partial charge in [0.15, 0.2) is 0 Å². The molecule has 1 N–H and O–H groups in total. The third-order valence-electron chi connectivity index (χ3n) is 2.29. The highest BCUT2D eigenvalue weighted by atomic mass is 35.5. The Morgan fingerprint density at radius 1 is 1.53 bits per heavy atom. The van der Waals surface area contributed by atoms with Crippen LogP contribution < -0.4 is 5.32 Å². The molecular weight excluding hydrogens is 233 g/mol. The van der Waals surface area contributed by atoms with Crippen molar-refractivity contribution < 1.29 is 4.39 Å². The first-order valence-electron chi connectivity index (χ1n) is 4.78. The summed E-state index contributed by atoms with van der Waals surface area (Å²) in [4.78, 5) is 0. The predicted octanol–water partition coefficient (Wildman–Crippen LogP) is 2.97. The van der Waals surface area contributed by atoms with Crippen LogP contribution in [0.2, 0.25) is 5.02 Å². The van der Waals surface area contributed by atoms with Crippen LogP contribution in [0, 0.1) is 5.82 Å². The van der Waals surface area contributed by atoms with E-state index in [1.165, 1.54) is 6.07 Å². The molecule has 4 heteroatoms. The summed E-state index contributed by atoms with van der Waals surface area (Å²) in [7, 11) is 1.88. The van der Waals surface area contributed by atoms with E-state index in [2.05, 4.69) is 5.32 Å². The fraction of sp³-hybridized carbons (Fsp3) is 0.455. The van der Waals surface area contributed by atoms with Gasteiger partial charge in [-0.2, -0.15) is 11.8 Å². The zero-order valence-electron chi connectivity index (χ0n) is 8.89. The van der Waals surface area contributed by atoms with Gasteiger partial charge in [-0.15, -0.1) is 0 Å². The molecule has 0 saturated heterocycles. The predicted molar refractivity (Wildman–Crippen MR) is 66.3 cm³/mol. The molecule has 0 aromatic heterocycles. The fourth-order valence-electron chi connectivity index (χ4n) is 1.42. The minimum Gasteiger partial charge on any atom is -0.316 e. The lowest BCUT2D eigenvalue weighted by Crippen LogP contribution is -2.30. The van der Waals surface area contributed by atoms with E-state index in [4.69, 9.17) is 11.6 Å². The molecule has 0 aliphatic heterocycles. The highest BCUT2D eigenvalue weighted by Crippen LogP contribution is 2.21. The van der Waals surface area contributed by atoms with Crippen LogP contribution in [0.5, 0.6) is 0 Å². The topological polar surface area (TPSA) is 12.0 Å². The Morgan fingerprint density at radius 2 is 2.27 bits per heavy atom. The minimum absolute atomic E-state index is 0.219. The number of hydrogen-bond donors (Lipinski definition) is 1. The molecule has 15 heavy (non-hydrogen) atoms. The standard InChI is InChI=1S/C11H15ClFNS/c1-14-8(7-15-2)6-9-10(12)4-3-5-11(9)13/h3-5,8,14H,6-7H2,1-2H3. The van der Waals surface area contributed by atoms with Crippen molar-refractivity contribution in [2.75, 3.05) is 19.1 Å². The molecule has 0 radical (unpaired) electrons. The molecule has 1 nitrogen and oxygen atoms in total. The molecular formula is C11H15ClFNS.